The van der Waals surface area contributed by atoms with Crippen molar-refractivity contribution in [3.05, 3.63) is 30.6 Å². The summed E-state index contributed by atoms with van der Waals surface area (Å²) in [5, 5.41) is 8.62. The number of ether oxygens (including phenoxy) is 1. The van der Waals surface area contributed by atoms with Crippen molar-refractivity contribution in [1.29, 1.82) is 0 Å². The van der Waals surface area contributed by atoms with Crippen LogP contribution in [0.3, 0.4) is 0 Å². The number of rotatable bonds is 7. The average Bonchev–Trinajstić information content (AvgIpc) is 2.96. The molecule has 1 heterocycles. The number of benzene rings is 1. The van der Waals surface area contributed by atoms with Crippen LogP contribution >= 0.6 is 11.8 Å². The average molecular weight is 341 g/mol. The van der Waals surface area contributed by atoms with Crippen LogP contribution < -0.4 is 4.74 Å². The van der Waals surface area contributed by atoms with Gasteiger partial charge in [0.2, 0.25) is 0 Å². The number of hydrogen-bond acceptors (Lipinski definition) is 6. The maximum atomic E-state index is 12.3. The fraction of sp³-hybridized carbons (Fsp3) is 0.429. The van der Waals surface area contributed by atoms with Crippen LogP contribution in [0.25, 0.3) is 0 Å². The van der Waals surface area contributed by atoms with Crippen LogP contribution in [-0.2, 0) is 9.84 Å². The Labute approximate surface area is 134 Å². The Morgan fingerprint density at radius 3 is 2.82 bits per heavy atom. The van der Waals surface area contributed by atoms with Crippen molar-refractivity contribution in [2.24, 2.45) is 0 Å². The molecule has 1 aromatic heterocycles. The maximum absolute atomic E-state index is 12.3. The summed E-state index contributed by atoms with van der Waals surface area (Å²) >= 11 is 1.39. The Bertz CT molecular complexity index is 726. The lowest BCUT2D eigenvalue weighted by Gasteiger charge is -2.09. The van der Waals surface area contributed by atoms with Crippen molar-refractivity contribution >= 4 is 21.6 Å². The van der Waals surface area contributed by atoms with Crippen LogP contribution in [0.15, 0.2) is 40.6 Å². The zero-order chi connectivity index (χ0) is 16.2. The van der Waals surface area contributed by atoms with E-state index in [1.165, 1.54) is 24.9 Å². The molecular weight excluding hydrogens is 322 g/mol. The molecule has 0 N–H and O–H groups in total. The molecule has 6 nitrogen and oxygen atoms in total. The molecule has 2 aromatic rings. The fourth-order valence-corrected chi connectivity index (χ4v) is 4.57. The van der Waals surface area contributed by atoms with Gasteiger partial charge in [-0.25, -0.2) is 8.42 Å². The third kappa shape index (κ3) is 4.01. The smallest absolute Gasteiger partial charge is 0.191 e. The van der Waals surface area contributed by atoms with Crippen LogP contribution in [0.2, 0.25) is 0 Å². The highest BCUT2D eigenvalue weighted by Crippen LogP contribution is 2.22. The molecule has 0 spiro atoms. The van der Waals surface area contributed by atoms with E-state index in [4.69, 9.17) is 4.74 Å². The van der Waals surface area contributed by atoms with Crippen molar-refractivity contribution in [2.45, 2.75) is 29.9 Å². The topological polar surface area (TPSA) is 74.1 Å². The zero-order valence-electron chi connectivity index (χ0n) is 12.8. The normalized spacial score (nSPS) is 11.8. The molecule has 0 aliphatic carbocycles. The van der Waals surface area contributed by atoms with E-state index in [9.17, 15) is 8.42 Å². The van der Waals surface area contributed by atoms with Gasteiger partial charge in [0.15, 0.2) is 15.0 Å². The van der Waals surface area contributed by atoms with Gasteiger partial charge in [-0.1, -0.05) is 17.8 Å². The van der Waals surface area contributed by atoms with Gasteiger partial charge >= 0.3 is 0 Å². The summed E-state index contributed by atoms with van der Waals surface area (Å²) in [6.07, 6.45) is 1.66. The van der Waals surface area contributed by atoms with Gasteiger partial charge in [-0.05, 0) is 32.0 Å². The third-order valence-electron chi connectivity index (χ3n) is 3.08. The van der Waals surface area contributed by atoms with Crippen LogP contribution in [0.1, 0.15) is 19.9 Å². The lowest BCUT2D eigenvalue weighted by atomic mass is 10.3. The molecule has 0 radical (unpaired) electrons. The minimum atomic E-state index is -3.34. The maximum Gasteiger partial charge on any atom is 0.191 e. The quantitative estimate of drug-likeness (QED) is 0.720. The Morgan fingerprint density at radius 1 is 1.36 bits per heavy atom. The van der Waals surface area contributed by atoms with Gasteiger partial charge in [0.1, 0.15) is 12.1 Å². The highest BCUT2D eigenvalue weighted by Gasteiger charge is 2.16. The van der Waals surface area contributed by atoms with Gasteiger partial charge in [-0.2, -0.15) is 0 Å². The summed E-state index contributed by atoms with van der Waals surface area (Å²) in [7, 11) is -1.82. The molecule has 0 unspecified atom stereocenters. The molecular formula is C14H19N3O3S2. The van der Waals surface area contributed by atoms with Crippen molar-refractivity contribution in [3.63, 3.8) is 0 Å². The van der Waals surface area contributed by atoms with Gasteiger partial charge in [-0.3, -0.25) is 0 Å². The monoisotopic (exact) mass is 341 g/mol. The van der Waals surface area contributed by atoms with E-state index >= 15 is 0 Å². The molecule has 120 valence electrons. The SMILES string of the molecule is COc1cccc(S(=O)(=O)CCSc2nncn2C(C)C)c1. The summed E-state index contributed by atoms with van der Waals surface area (Å²) in [6, 6.07) is 6.76. The van der Waals surface area contributed by atoms with Crippen LogP contribution in [0.5, 0.6) is 5.75 Å². The minimum absolute atomic E-state index is 0.0375. The van der Waals surface area contributed by atoms with E-state index in [2.05, 4.69) is 10.2 Å². The minimum Gasteiger partial charge on any atom is -0.497 e. The molecule has 0 bridgehead atoms. The summed E-state index contributed by atoms with van der Waals surface area (Å²) < 4.78 is 31.7. The number of hydrogen-bond donors (Lipinski definition) is 0. The summed E-state index contributed by atoms with van der Waals surface area (Å²) in [5.74, 6) is 0.995. The van der Waals surface area contributed by atoms with Crippen molar-refractivity contribution in [1.82, 2.24) is 14.8 Å². The second-order valence-corrected chi connectivity index (χ2v) is 8.13. The molecule has 0 saturated carbocycles. The summed E-state index contributed by atoms with van der Waals surface area (Å²) in [5.41, 5.74) is 0. The Kier molecular flexibility index (Phi) is 5.47. The standard InChI is InChI=1S/C14H19N3O3S2/c1-11(2)17-10-15-16-14(17)21-7-8-22(18,19)13-6-4-5-12(9-13)20-3/h4-6,9-11H,7-8H2,1-3H3. The molecule has 0 aliphatic heterocycles. The van der Waals surface area contributed by atoms with Gasteiger partial charge in [0.05, 0.1) is 17.8 Å². The number of aromatic nitrogens is 3. The number of methoxy groups -OCH3 is 1. The van der Waals surface area contributed by atoms with Crippen LogP contribution in [0.4, 0.5) is 0 Å². The van der Waals surface area contributed by atoms with E-state index in [0.29, 0.717) is 11.5 Å². The molecule has 22 heavy (non-hydrogen) atoms. The molecule has 8 heteroatoms. The first kappa shape index (κ1) is 16.8. The number of sulfone groups is 1. The summed E-state index contributed by atoms with van der Waals surface area (Å²) in [4.78, 5) is 0.276. The lowest BCUT2D eigenvalue weighted by Crippen LogP contribution is -2.10. The molecule has 0 aliphatic rings. The predicted molar refractivity (Wildman–Crippen MR) is 86.2 cm³/mol. The van der Waals surface area contributed by atoms with Crippen LogP contribution in [-0.4, -0.2) is 41.8 Å². The molecule has 0 fully saturated rings. The first-order chi connectivity index (χ1) is 10.4. The van der Waals surface area contributed by atoms with E-state index in [1.807, 2.05) is 18.4 Å². The van der Waals surface area contributed by atoms with E-state index in [-0.39, 0.29) is 16.7 Å². The first-order valence-corrected chi connectivity index (χ1v) is 9.47. The zero-order valence-corrected chi connectivity index (χ0v) is 14.4. The second kappa shape index (κ2) is 7.15. The number of nitrogens with zero attached hydrogens (tertiary/aromatic N) is 3. The largest absolute Gasteiger partial charge is 0.497 e. The fourth-order valence-electron chi connectivity index (χ4n) is 1.84. The molecule has 0 atom stereocenters. The van der Waals surface area contributed by atoms with E-state index in [1.54, 1.807) is 24.5 Å². The lowest BCUT2D eigenvalue weighted by molar-refractivity contribution is 0.413. The molecule has 2 rings (SSSR count). The highest BCUT2D eigenvalue weighted by molar-refractivity contribution is 8.00. The second-order valence-electron chi connectivity index (χ2n) is 4.96. The third-order valence-corrected chi connectivity index (χ3v) is 6.01. The van der Waals surface area contributed by atoms with Crippen LogP contribution in [0, 0.1) is 0 Å². The van der Waals surface area contributed by atoms with Crippen molar-refractivity contribution < 1.29 is 13.2 Å². The van der Waals surface area contributed by atoms with Crippen molar-refractivity contribution in [2.75, 3.05) is 18.6 Å². The first-order valence-electron chi connectivity index (χ1n) is 6.83. The predicted octanol–water partition coefficient (Wildman–Crippen LogP) is 2.43. The molecule has 0 amide bonds. The van der Waals surface area contributed by atoms with Gasteiger partial charge in [0, 0.05) is 11.8 Å². The highest BCUT2D eigenvalue weighted by atomic mass is 32.2. The van der Waals surface area contributed by atoms with Gasteiger partial charge in [-0.15, -0.1) is 10.2 Å². The Morgan fingerprint density at radius 2 is 2.14 bits per heavy atom. The van der Waals surface area contributed by atoms with E-state index < -0.39 is 9.84 Å². The van der Waals surface area contributed by atoms with Gasteiger partial charge < -0.3 is 9.30 Å². The number of thioether (sulfide) groups is 1. The van der Waals surface area contributed by atoms with E-state index in [0.717, 1.165) is 5.16 Å². The Balaban J connectivity index is 2.02. The Hall–Kier alpha value is -1.54. The summed E-state index contributed by atoms with van der Waals surface area (Å²) in [6.45, 7) is 4.06. The molecule has 0 saturated heterocycles. The van der Waals surface area contributed by atoms with Gasteiger partial charge in [0.25, 0.3) is 0 Å². The molecule has 1 aromatic carbocycles. The van der Waals surface area contributed by atoms with Crippen molar-refractivity contribution in [3.8, 4) is 5.75 Å².